The van der Waals surface area contributed by atoms with Crippen molar-refractivity contribution in [2.75, 3.05) is 12.4 Å². The van der Waals surface area contributed by atoms with Crippen LogP contribution < -0.4 is 15.4 Å². The lowest BCUT2D eigenvalue weighted by molar-refractivity contribution is -0.141. The predicted molar refractivity (Wildman–Crippen MR) is 78.9 cm³/mol. The van der Waals surface area contributed by atoms with Crippen LogP contribution in [0, 0.1) is 5.92 Å². The van der Waals surface area contributed by atoms with Crippen LogP contribution in [0.5, 0.6) is 5.75 Å². The monoisotopic (exact) mass is 312 g/mol. The van der Waals surface area contributed by atoms with E-state index in [1.807, 2.05) is 0 Å². The maximum atomic E-state index is 12.0. The van der Waals surface area contributed by atoms with Gasteiger partial charge >= 0.3 is 12.0 Å². The number of carboxylic acids is 1. The van der Waals surface area contributed by atoms with Crippen LogP contribution in [0.15, 0.2) is 18.2 Å². The average Bonchev–Trinajstić information content (AvgIpc) is 2.87. The first-order valence-electron chi connectivity index (χ1n) is 6.63. The van der Waals surface area contributed by atoms with Crippen LogP contribution in [0.4, 0.5) is 10.5 Å². The highest BCUT2D eigenvalue weighted by molar-refractivity contribution is 6.31. The quantitative estimate of drug-likeness (QED) is 0.797. The van der Waals surface area contributed by atoms with E-state index in [0.29, 0.717) is 35.7 Å². The number of aliphatic carboxylic acids is 1. The maximum Gasteiger partial charge on any atom is 0.319 e. The minimum atomic E-state index is -0.809. The van der Waals surface area contributed by atoms with Crippen molar-refractivity contribution in [2.24, 2.45) is 5.92 Å². The Bertz CT molecular complexity index is 550. The number of urea groups is 1. The van der Waals surface area contributed by atoms with E-state index in [9.17, 15) is 9.59 Å². The van der Waals surface area contributed by atoms with Gasteiger partial charge in [-0.25, -0.2) is 4.79 Å². The summed E-state index contributed by atoms with van der Waals surface area (Å²) in [7, 11) is 1.50. The van der Waals surface area contributed by atoms with Gasteiger partial charge in [0.2, 0.25) is 0 Å². The van der Waals surface area contributed by atoms with Gasteiger partial charge in [0.15, 0.2) is 0 Å². The highest BCUT2D eigenvalue weighted by Crippen LogP contribution is 2.28. The first-order chi connectivity index (χ1) is 9.99. The Balaban J connectivity index is 1.93. The van der Waals surface area contributed by atoms with Gasteiger partial charge in [0.05, 0.1) is 18.7 Å². The molecule has 0 radical (unpaired) electrons. The molecular weight excluding hydrogens is 296 g/mol. The topological polar surface area (TPSA) is 87.7 Å². The van der Waals surface area contributed by atoms with Crippen LogP contribution in [0.1, 0.15) is 19.3 Å². The van der Waals surface area contributed by atoms with Crippen molar-refractivity contribution >= 4 is 29.3 Å². The van der Waals surface area contributed by atoms with Gasteiger partial charge in [0.1, 0.15) is 5.75 Å². The van der Waals surface area contributed by atoms with E-state index in [-0.39, 0.29) is 12.0 Å². The summed E-state index contributed by atoms with van der Waals surface area (Å²) in [6.45, 7) is 0. The number of hydrogen-bond donors (Lipinski definition) is 3. The van der Waals surface area contributed by atoms with Crippen LogP contribution in [0.25, 0.3) is 0 Å². The molecule has 1 aliphatic carbocycles. The summed E-state index contributed by atoms with van der Waals surface area (Å²) in [5.74, 6) is -0.684. The Morgan fingerprint density at radius 2 is 2.14 bits per heavy atom. The van der Waals surface area contributed by atoms with Crippen molar-refractivity contribution in [2.45, 2.75) is 25.3 Å². The van der Waals surface area contributed by atoms with Gasteiger partial charge in [-0.15, -0.1) is 0 Å². The third kappa shape index (κ3) is 4.01. The largest absolute Gasteiger partial charge is 0.495 e. The van der Waals surface area contributed by atoms with E-state index in [1.165, 1.54) is 7.11 Å². The van der Waals surface area contributed by atoms with Gasteiger partial charge in [-0.2, -0.15) is 0 Å². The SMILES string of the molecule is COc1ccc(Cl)cc1NC(=O)NC1CCC(C(=O)O)C1. The third-order valence-electron chi connectivity index (χ3n) is 3.53. The molecule has 114 valence electrons. The average molecular weight is 313 g/mol. The second-order valence-corrected chi connectivity index (χ2v) is 5.42. The van der Waals surface area contributed by atoms with Gasteiger partial charge in [-0.05, 0) is 37.5 Å². The van der Waals surface area contributed by atoms with Crippen molar-refractivity contribution in [3.63, 3.8) is 0 Å². The first kappa shape index (κ1) is 15.4. The van der Waals surface area contributed by atoms with Crippen molar-refractivity contribution in [3.8, 4) is 5.75 Å². The second kappa shape index (κ2) is 6.67. The number of nitrogens with one attached hydrogen (secondary N) is 2. The molecule has 1 fully saturated rings. The highest BCUT2D eigenvalue weighted by Gasteiger charge is 2.30. The molecule has 0 bridgehead atoms. The first-order valence-corrected chi connectivity index (χ1v) is 7.01. The molecule has 1 saturated carbocycles. The van der Waals surface area contributed by atoms with Gasteiger partial charge in [-0.3, -0.25) is 4.79 Å². The van der Waals surface area contributed by atoms with Crippen LogP contribution in [0.2, 0.25) is 5.02 Å². The number of hydrogen-bond acceptors (Lipinski definition) is 3. The summed E-state index contributed by atoms with van der Waals surface area (Å²) < 4.78 is 5.14. The molecule has 2 atom stereocenters. The second-order valence-electron chi connectivity index (χ2n) is 4.99. The van der Waals surface area contributed by atoms with Crippen molar-refractivity contribution in [3.05, 3.63) is 23.2 Å². The zero-order valence-electron chi connectivity index (χ0n) is 11.6. The summed E-state index contributed by atoms with van der Waals surface area (Å²) in [6, 6.07) is 4.39. The number of carbonyl (C=O) groups is 2. The lowest BCUT2D eigenvalue weighted by Crippen LogP contribution is -2.36. The molecule has 7 heteroatoms. The maximum absolute atomic E-state index is 12.0. The van der Waals surface area contributed by atoms with Gasteiger partial charge in [0.25, 0.3) is 0 Å². The summed E-state index contributed by atoms with van der Waals surface area (Å²) in [6.07, 6.45) is 1.70. The molecule has 1 aromatic rings. The van der Waals surface area contributed by atoms with Crippen LogP contribution in [-0.2, 0) is 4.79 Å². The van der Waals surface area contributed by atoms with Crippen LogP contribution in [-0.4, -0.2) is 30.3 Å². The van der Waals surface area contributed by atoms with E-state index in [0.717, 1.165) is 0 Å². The fraction of sp³-hybridized carbons (Fsp3) is 0.429. The standard InChI is InChI=1S/C14H17ClN2O4/c1-21-12-5-3-9(15)7-11(12)17-14(20)16-10-4-2-8(6-10)13(18)19/h3,5,7-8,10H,2,4,6H2,1H3,(H,18,19)(H2,16,17,20). The third-order valence-corrected chi connectivity index (χ3v) is 3.76. The molecule has 2 rings (SSSR count). The zero-order chi connectivity index (χ0) is 15.4. The predicted octanol–water partition coefficient (Wildman–Crippen LogP) is 2.72. The van der Waals surface area contributed by atoms with E-state index in [2.05, 4.69) is 10.6 Å². The molecule has 1 aromatic carbocycles. The molecule has 0 aromatic heterocycles. The fourth-order valence-corrected chi connectivity index (χ4v) is 2.63. The summed E-state index contributed by atoms with van der Waals surface area (Å²) in [5.41, 5.74) is 0.468. The normalized spacial score (nSPS) is 20.9. The van der Waals surface area contributed by atoms with Gasteiger partial charge in [-0.1, -0.05) is 11.6 Å². The van der Waals surface area contributed by atoms with E-state index >= 15 is 0 Å². The van der Waals surface area contributed by atoms with E-state index in [1.54, 1.807) is 18.2 Å². The minimum absolute atomic E-state index is 0.128. The Morgan fingerprint density at radius 1 is 1.38 bits per heavy atom. The number of halogens is 1. The lowest BCUT2D eigenvalue weighted by Gasteiger charge is -2.15. The van der Waals surface area contributed by atoms with Crippen molar-refractivity contribution < 1.29 is 19.4 Å². The number of amides is 2. The lowest BCUT2D eigenvalue weighted by atomic mass is 10.1. The fourth-order valence-electron chi connectivity index (χ4n) is 2.46. The highest BCUT2D eigenvalue weighted by atomic mass is 35.5. The van der Waals surface area contributed by atoms with E-state index < -0.39 is 12.0 Å². The molecule has 2 amide bonds. The zero-order valence-corrected chi connectivity index (χ0v) is 12.3. The van der Waals surface area contributed by atoms with Crippen molar-refractivity contribution in [1.29, 1.82) is 0 Å². The Labute approximate surface area is 127 Å². The summed E-state index contributed by atoms with van der Waals surface area (Å²) >= 11 is 5.89. The molecule has 0 spiro atoms. The van der Waals surface area contributed by atoms with E-state index in [4.69, 9.17) is 21.4 Å². The van der Waals surface area contributed by atoms with Gasteiger partial charge in [0, 0.05) is 11.1 Å². The Morgan fingerprint density at radius 3 is 2.76 bits per heavy atom. The number of methoxy groups -OCH3 is 1. The Kier molecular flexibility index (Phi) is 4.90. The minimum Gasteiger partial charge on any atom is -0.495 e. The number of rotatable bonds is 4. The molecule has 0 heterocycles. The number of carboxylic acid groups (broad SMARTS) is 1. The smallest absolute Gasteiger partial charge is 0.319 e. The van der Waals surface area contributed by atoms with Crippen LogP contribution in [0.3, 0.4) is 0 Å². The number of carbonyl (C=O) groups excluding carboxylic acids is 1. The molecule has 0 aliphatic heterocycles. The number of ether oxygens (including phenoxy) is 1. The molecule has 3 N–H and O–H groups in total. The van der Waals surface area contributed by atoms with Crippen molar-refractivity contribution in [1.82, 2.24) is 5.32 Å². The Hall–Kier alpha value is -1.95. The number of anilines is 1. The molecule has 6 nitrogen and oxygen atoms in total. The molecule has 21 heavy (non-hydrogen) atoms. The molecule has 1 aliphatic rings. The number of benzene rings is 1. The molecule has 0 saturated heterocycles. The van der Waals surface area contributed by atoms with Gasteiger partial charge < -0.3 is 20.5 Å². The summed E-state index contributed by atoms with van der Waals surface area (Å²) in [4.78, 5) is 22.8. The summed E-state index contributed by atoms with van der Waals surface area (Å²) in [5, 5.41) is 14.9. The molecular formula is C14H17ClN2O4. The van der Waals surface area contributed by atoms with Crippen LogP contribution >= 0.6 is 11.6 Å². The molecule has 2 unspecified atom stereocenters.